The first-order valence-electron chi connectivity index (χ1n) is 4.80. The number of rotatable bonds is 1. The molecule has 0 spiro atoms. The first kappa shape index (κ1) is 9.03. The van der Waals surface area contributed by atoms with E-state index in [1.807, 2.05) is 30.3 Å². The number of aromatic nitrogens is 2. The van der Waals surface area contributed by atoms with E-state index < -0.39 is 5.82 Å². The van der Waals surface area contributed by atoms with Gasteiger partial charge in [-0.1, -0.05) is 18.2 Å². The van der Waals surface area contributed by atoms with Crippen molar-refractivity contribution < 1.29 is 8.81 Å². The zero-order valence-corrected chi connectivity index (χ0v) is 8.22. The van der Waals surface area contributed by atoms with E-state index in [9.17, 15) is 4.39 Å². The summed E-state index contributed by atoms with van der Waals surface area (Å²) in [5.41, 5.74) is 1.63. The molecule has 2 heterocycles. The van der Waals surface area contributed by atoms with Gasteiger partial charge in [-0.05, 0) is 12.1 Å². The van der Waals surface area contributed by atoms with Crippen molar-refractivity contribution in [1.29, 1.82) is 0 Å². The van der Waals surface area contributed by atoms with Crippen LogP contribution < -0.4 is 0 Å². The van der Waals surface area contributed by atoms with Crippen LogP contribution in [-0.2, 0) is 0 Å². The average molecular weight is 214 g/mol. The third-order valence-electron chi connectivity index (χ3n) is 2.23. The number of fused-ring (bicyclic) bond motifs is 1. The summed E-state index contributed by atoms with van der Waals surface area (Å²) in [7, 11) is 0. The normalized spacial score (nSPS) is 10.8. The molecule has 0 aliphatic carbocycles. The van der Waals surface area contributed by atoms with Crippen LogP contribution in [-0.4, -0.2) is 9.97 Å². The molecule has 78 valence electrons. The number of hydrogen-bond acceptors (Lipinski definition) is 3. The molecule has 0 fully saturated rings. The zero-order chi connectivity index (χ0) is 11.0. The van der Waals surface area contributed by atoms with Crippen molar-refractivity contribution in [1.82, 2.24) is 9.97 Å². The van der Waals surface area contributed by atoms with Gasteiger partial charge in [-0.2, -0.15) is 0 Å². The van der Waals surface area contributed by atoms with Crippen LogP contribution in [0.25, 0.3) is 22.7 Å². The third-order valence-corrected chi connectivity index (χ3v) is 2.23. The summed E-state index contributed by atoms with van der Waals surface area (Å²) in [5, 5.41) is 0. The molecule has 2 aromatic heterocycles. The second-order valence-corrected chi connectivity index (χ2v) is 3.36. The molecule has 1 aromatic carbocycles. The molecular formula is C12H7FN2O. The van der Waals surface area contributed by atoms with Crippen molar-refractivity contribution in [3.8, 4) is 11.5 Å². The molecule has 3 nitrogen and oxygen atoms in total. The summed E-state index contributed by atoms with van der Waals surface area (Å²) in [6.45, 7) is 0. The molecule has 0 saturated carbocycles. The molecule has 0 unspecified atom stereocenters. The van der Waals surface area contributed by atoms with Crippen LogP contribution in [0.15, 0.2) is 47.0 Å². The SMILES string of the molecule is Fc1cnc2oc(-c3ccccc3)nc2c1. The largest absolute Gasteiger partial charge is 0.418 e. The lowest BCUT2D eigenvalue weighted by atomic mass is 10.2. The van der Waals surface area contributed by atoms with E-state index in [1.54, 1.807) is 0 Å². The predicted molar refractivity (Wildman–Crippen MR) is 57.2 cm³/mol. The Bertz CT molecular complexity index is 634. The van der Waals surface area contributed by atoms with Crippen LogP contribution in [0, 0.1) is 5.82 Å². The van der Waals surface area contributed by atoms with E-state index >= 15 is 0 Å². The van der Waals surface area contributed by atoms with E-state index in [4.69, 9.17) is 4.42 Å². The second-order valence-electron chi connectivity index (χ2n) is 3.36. The van der Waals surface area contributed by atoms with Crippen molar-refractivity contribution in [2.24, 2.45) is 0 Å². The van der Waals surface area contributed by atoms with Crippen molar-refractivity contribution >= 4 is 11.2 Å². The molecule has 3 rings (SSSR count). The third kappa shape index (κ3) is 1.44. The van der Waals surface area contributed by atoms with Crippen LogP contribution in [0.3, 0.4) is 0 Å². The maximum absolute atomic E-state index is 12.9. The molecule has 0 aliphatic heterocycles. The molecule has 0 N–H and O–H groups in total. The fraction of sp³-hybridized carbons (Fsp3) is 0. The van der Waals surface area contributed by atoms with Crippen LogP contribution in [0.1, 0.15) is 0 Å². The van der Waals surface area contributed by atoms with Gasteiger partial charge in [-0.3, -0.25) is 0 Å². The van der Waals surface area contributed by atoms with Crippen LogP contribution in [0.2, 0.25) is 0 Å². The van der Waals surface area contributed by atoms with Gasteiger partial charge in [0.1, 0.15) is 11.3 Å². The minimum Gasteiger partial charge on any atom is -0.418 e. The van der Waals surface area contributed by atoms with E-state index in [-0.39, 0.29) is 0 Å². The van der Waals surface area contributed by atoms with Gasteiger partial charge in [0.25, 0.3) is 0 Å². The minimum absolute atomic E-state index is 0.347. The highest BCUT2D eigenvalue weighted by atomic mass is 19.1. The quantitative estimate of drug-likeness (QED) is 0.625. The smallest absolute Gasteiger partial charge is 0.247 e. The molecular weight excluding hydrogens is 207 g/mol. The summed E-state index contributed by atoms with van der Waals surface area (Å²) in [5.74, 6) is 0.0362. The monoisotopic (exact) mass is 214 g/mol. The maximum atomic E-state index is 12.9. The zero-order valence-electron chi connectivity index (χ0n) is 8.22. The lowest BCUT2D eigenvalue weighted by Crippen LogP contribution is -1.77. The number of nitrogens with zero attached hydrogens (tertiary/aromatic N) is 2. The molecule has 16 heavy (non-hydrogen) atoms. The van der Waals surface area contributed by atoms with E-state index in [2.05, 4.69) is 9.97 Å². The average Bonchev–Trinajstić information content (AvgIpc) is 2.73. The Hall–Kier alpha value is -2.23. The Balaban J connectivity index is 2.19. The van der Waals surface area contributed by atoms with Gasteiger partial charge in [0.2, 0.25) is 11.6 Å². The van der Waals surface area contributed by atoms with E-state index in [0.29, 0.717) is 17.1 Å². The van der Waals surface area contributed by atoms with Gasteiger partial charge in [0.05, 0.1) is 6.20 Å². The highest BCUT2D eigenvalue weighted by Crippen LogP contribution is 2.22. The summed E-state index contributed by atoms with van der Waals surface area (Å²) < 4.78 is 18.3. The van der Waals surface area contributed by atoms with Crippen LogP contribution >= 0.6 is 0 Å². The summed E-state index contributed by atoms with van der Waals surface area (Å²) in [4.78, 5) is 8.00. The number of oxazole rings is 1. The fourth-order valence-electron chi connectivity index (χ4n) is 1.50. The molecule has 4 heteroatoms. The van der Waals surface area contributed by atoms with Gasteiger partial charge in [-0.15, -0.1) is 0 Å². The van der Waals surface area contributed by atoms with Gasteiger partial charge >= 0.3 is 0 Å². The van der Waals surface area contributed by atoms with Crippen molar-refractivity contribution in [2.45, 2.75) is 0 Å². The molecule has 0 bridgehead atoms. The number of halogens is 1. The number of hydrogen-bond donors (Lipinski definition) is 0. The molecule has 0 saturated heterocycles. The number of benzene rings is 1. The van der Waals surface area contributed by atoms with E-state index in [0.717, 1.165) is 11.8 Å². The first-order valence-corrected chi connectivity index (χ1v) is 4.80. The van der Waals surface area contributed by atoms with Gasteiger partial charge in [0.15, 0.2) is 0 Å². The van der Waals surface area contributed by atoms with Crippen molar-refractivity contribution in [3.63, 3.8) is 0 Å². The highest BCUT2D eigenvalue weighted by Gasteiger charge is 2.08. The summed E-state index contributed by atoms with van der Waals surface area (Å²) in [6.07, 6.45) is 1.11. The minimum atomic E-state index is -0.416. The Morgan fingerprint density at radius 2 is 1.94 bits per heavy atom. The molecule has 0 radical (unpaired) electrons. The van der Waals surface area contributed by atoms with Crippen LogP contribution in [0.5, 0.6) is 0 Å². The predicted octanol–water partition coefficient (Wildman–Crippen LogP) is 3.03. The number of pyridine rings is 1. The van der Waals surface area contributed by atoms with Crippen molar-refractivity contribution in [3.05, 3.63) is 48.4 Å². The standard InChI is InChI=1S/C12H7FN2O/c13-9-6-10-12(14-7-9)16-11(15-10)8-4-2-1-3-5-8/h1-7H. The van der Waals surface area contributed by atoms with Gasteiger partial charge in [-0.25, -0.2) is 14.4 Å². The molecule has 0 atom stereocenters. The first-order chi connectivity index (χ1) is 7.83. The fourth-order valence-corrected chi connectivity index (χ4v) is 1.50. The Morgan fingerprint density at radius 1 is 1.12 bits per heavy atom. The highest BCUT2D eigenvalue weighted by molar-refractivity contribution is 5.72. The molecule has 3 aromatic rings. The van der Waals surface area contributed by atoms with Crippen LogP contribution in [0.4, 0.5) is 4.39 Å². The maximum Gasteiger partial charge on any atom is 0.247 e. The lowest BCUT2D eigenvalue weighted by Gasteiger charge is -1.91. The molecule has 0 aliphatic rings. The Kier molecular flexibility index (Phi) is 1.93. The van der Waals surface area contributed by atoms with Crippen molar-refractivity contribution in [2.75, 3.05) is 0 Å². The topological polar surface area (TPSA) is 38.9 Å². The lowest BCUT2D eigenvalue weighted by molar-refractivity contribution is 0.597. The second kappa shape index (κ2) is 3.41. The summed E-state index contributed by atoms with van der Waals surface area (Å²) in [6, 6.07) is 10.7. The Labute approximate surface area is 90.6 Å². The van der Waals surface area contributed by atoms with Gasteiger partial charge in [0, 0.05) is 11.6 Å². The molecule has 0 amide bonds. The Morgan fingerprint density at radius 3 is 2.75 bits per heavy atom. The van der Waals surface area contributed by atoms with Gasteiger partial charge < -0.3 is 4.42 Å². The summed E-state index contributed by atoms with van der Waals surface area (Å²) >= 11 is 0. The van der Waals surface area contributed by atoms with E-state index in [1.165, 1.54) is 6.07 Å².